The van der Waals surface area contributed by atoms with E-state index in [2.05, 4.69) is 0 Å². The summed E-state index contributed by atoms with van der Waals surface area (Å²) in [5.41, 5.74) is 1.22. The molecule has 1 aromatic rings. The van der Waals surface area contributed by atoms with Crippen LogP contribution in [0.5, 0.6) is 0 Å². The van der Waals surface area contributed by atoms with E-state index in [0.717, 1.165) is 11.0 Å². The molecule has 0 radical (unpaired) electrons. The molecule has 1 aliphatic rings. The van der Waals surface area contributed by atoms with Crippen LogP contribution >= 0.6 is 0 Å². The predicted octanol–water partition coefficient (Wildman–Crippen LogP) is 3.04. The molecule has 1 saturated heterocycles. The molecule has 0 spiro atoms. The van der Waals surface area contributed by atoms with Crippen LogP contribution in [-0.2, 0) is 18.8 Å². The minimum absolute atomic E-state index is 0.168. The maximum atomic E-state index is 12.0. The van der Waals surface area contributed by atoms with Gasteiger partial charge in [-0.15, -0.1) is 0 Å². The third kappa shape index (κ3) is 3.61. The number of carbonyl (C=O) groups is 1. The number of esters is 1. The van der Waals surface area contributed by atoms with Crippen LogP contribution in [0.15, 0.2) is 24.3 Å². The molecule has 0 bridgehead atoms. The van der Waals surface area contributed by atoms with E-state index in [4.69, 9.17) is 14.0 Å². The highest BCUT2D eigenvalue weighted by atomic mass is 16.7. The van der Waals surface area contributed by atoms with Gasteiger partial charge in [-0.05, 0) is 52.1 Å². The minimum Gasteiger partial charge on any atom is -0.466 e. The van der Waals surface area contributed by atoms with Gasteiger partial charge in [0.05, 0.1) is 23.7 Å². The van der Waals surface area contributed by atoms with E-state index in [1.54, 1.807) is 0 Å². The predicted molar refractivity (Wildman–Crippen MR) is 91.8 cm³/mol. The third-order valence-corrected chi connectivity index (χ3v) is 4.84. The molecule has 0 aliphatic carbocycles. The second kappa shape index (κ2) is 6.66. The number of benzene rings is 1. The fraction of sp³-hybridized carbons (Fsp3) is 0.611. The Balaban J connectivity index is 2.15. The fourth-order valence-corrected chi connectivity index (χ4v) is 2.65. The van der Waals surface area contributed by atoms with Crippen LogP contribution in [0.2, 0.25) is 0 Å². The minimum atomic E-state index is -0.378. The van der Waals surface area contributed by atoms with Gasteiger partial charge in [0.25, 0.3) is 0 Å². The van der Waals surface area contributed by atoms with E-state index in [1.807, 2.05) is 65.8 Å². The van der Waals surface area contributed by atoms with Gasteiger partial charge in [-0.3, -0.25) is 4.79 Å². The number of ether oxygens (including phenoxy) is 1. The van der Waals surface area contributed by atoms with E-state index < -0.39 is 0 Å². The Hall–Kier alpha value is -1.33. The summed E-state index contributed by atoms with van der Waals surface area (Å²) < 4.78 is 17.2. The molecule has 5 heteroatoms. The summed E-state index contributed by atoms with van der Waals surface area (Å²) in [6, 6.07) is 7.87. The van der Waals surface area contributed by atoms with E-state index in [9.17, 15) is 4.79 Å². The van der Waals surface area contributed by atoms with Gasteiger partial charge in [0.2, 0.25) is 0 Å². The molecule has 1 atom stereocenters. The maximum absolute atomic E-state index is 12.0. The zero-order chi connectivity index (χ0) is 17.3. The van der Waals surface area contributed by atoms with Crippen molar-refractivity contribution in [2.24, 2.45) is 0 Å². The SMILES string of the molecule is CCOC(=O)C(CC)c1ccc(B2OC(C)(C)C(C)(C)O2)cc1. The Kier molecular flexibility index (Phi) is 5.22. The van der Waals surface area contributed by atoms with Crippen LogP contribution in [0.4, 0.5) is 0 Å². The summed E-state index contributed by atoms with van der Waals surface area (Å²) in [6.07, 6.45) is 0.717. The standard InChI is InChI=1S/C18H27BO4/c1-7-15(16(20)21-8-2)13-9-11-14(12-10-13)19-22-17(3,4)18(5,6)23-19/h9-12,15H,7-8H2,1-6H3. The van der Waals surface area contributed by atoms with Gasteiger partial charge in [0.1, 0.15) is 0 Å². The van der Waals surface area contributed by atoms with Crippen molar-refractivity contribution in [3.8, 4) is 0 Å². The normalized spacial score (nSPS) is 20.3. The summed E-state index contributed by atoms with van der Waals surface area (Å²) in [5.74, 6) is -0.388. The number of hydrogen-bond acceptors (Lipinski definition) is 4. The summed E-state index contributed by atoms with van der Waals surface area (Å²) in [5, 5.41) is 0. The molecule has 0 saturated carbocycles. The molecule has 4 nitrogen and oxygen atoms in total. The molecule has 0 N–H and O–H groups in total. The molecule has 23 heavy (non-hydrogen) atoms. The summed E-state index contributed by atoms with van der Waals surface area (Å²) in [4.78, 5) is 12.0. The second-order valence-corrected chi connectivity index (χ2v) is 6.97. The van der Waals surface area contributed by atoms with Crippen molar-refractivity contribution in [3.05, 3.63) is 29.8 Å². The van der Waals surface area contributed by atoms with Crippen LogP contribution in [0.3, 0.4) is 0 Å². The van der Waals surface area contributed by atoms with Gasteiger partial charge in [0, 0.05) is 0 Å². The molecule has 1 fully saturated rings. The lowest BCUT2D eigenvalue weighted by molar-refractivity contribution is -0.145. The summed E-state index contributed by atoms with van der Waals surface area (Å²) >= 11 is 0. The molecular weight excluding hydrogens is 291 g/mol. The van der Waals surface area contributed by atoms with E-state index in [0.29, 0.717) is 13.0 Å². The van der Waals surface area contributed by atoms with Gasteiger partial charge >= 0.3 is 13.1 Å². The lowest BCUT2D eigenvalue weighted by Crippen LogP contribution is -2.41. The highest BCUT2D eigenvalue weighted by Gasteiger charge is 2.51. The number of hydrogen-bond donors (Lipinski definition) is 0. The Morgan fingerprint density at radius 2 is 1.61 bits per heavy atom. The molecular formula is C18H27BO4. The molecule has 1 aliphatic heterocycles. The number of carbonyl (C=O) groups excluding carboxylic acids is 1. The molecule has 1 unspecified atom stereocenters. The molecule has 126 valence electrons. The Bertz CT molecular complexity index is 535. The third-order valence-electron chi connectivity index (χ3n) is 4.84. The Labute approximate surface area is 139 Å². The average molecular weight is 318 g/mol. The lowest BCUT2D eigenvalue weighted by Gasteiger charge is -2.32. The van der Waals surface area contributed by atoms with E-state index in [-0.39, 0.29) is 30.2 Å². The smallest absolute Gasteiger partial charge is 0.466 e. The zero-order valence-electron chi connectivity index (χ0n) is 15.0. The first-order chi connectivity index (χ1) is 10.7. The lowest BCUT2D eigenvalue weighted by atomic mass is 9.78. The Morgan fingerprint density at radius 3 is 2.04 bits per heavy atom. The van der Waals surface area contributed by atoms with Crippen LogP contribution < -0.4 is 5.46 Å². The maximum Gasteiger partial charge on any atom is 0.494 e. The van der Waals surface area contributed by atoms with Crippen molar-refractivity contribution >= 4 is 18.6 Å². The van der Waals surface area contributed by atoms with E-state index in [1.165, 1.54) is 0 Å². The molecule has 2 rings (SSSR count). The topological polar surface area (TPSA) is 44.8 Å². The number of rotatable bonds is 5. The quantitative estimate of drug-likeness (QED) is 0.618. The first kappa shape index (κ1) is 18.0. The van der Waals surface area contributed by atoms with Crippen molar-refractivity contribution < 1.29 is 18.8 Å². The Morgan fingerprint density at radius 1 is 1.09 bits per heavy atom. The van der Waals surface area contributed by atoms with Gasteiger partial charge in [-0.2, -0.15) is 0 Å². The second-order valence-electron chi connectivity index (χ2n) is 6.97. The van der Waals surface area contributed by atoms with Crippen LogP contribution in [0, 0.1) is 0 Å². The molecule has 1 heterocycles. The molecule has 0 amide bonds. The van der Waals surface area contributed by atoms with Crippen LogP contribution in [0.1, 0.15) is 59.4 Å². The van der Waals surface area contributed by atoms with Gasteiger partial charge in [-0.25, -0.2) is 0 Å². The summed E-state index contributed by atoms with van der Waals surface area (Å²) in [6.45, 7) is 12.4. The largest absolute Gasteiger partial charge is 0.494 e. The highest BCUT2D eigenvalue weighted by molar-refractivity contribution is 6.62. The molecule has 0 aromatic heterocycles. The van der Waals surface area contributed by atoms with Gasteiger partial charge in [-0.1, -0.05) is 31.2 Å². The van der Waals surface area contributed by atoms with Crippen molar-refractivity contribution in [2.75, 3.05) is 6.61 Å². The van der Waals surface area contributed by atoms with Crippen molar-refractivity contribution in [1.82, 2.24) is 0 Å². The first-order valence-corrected chi connectivity index (χ1v) is 8.34. The van der Waals surface area contributed by atoms with Crippen molar-refractivity contribution in [1.29, 1.82) is 0 Å². The van der Waals surface area contributed by atoms with Crippen molar-refractivity contribution in [2.45, 2.75) is 65.1 Å². The van der Waals surface area contributed by atoms with Crippen LogP contribution in [-0.4, -0.2) is 30.9 Å². The zero-order valence-corrected chi connectivity index (χ0v) is 15.0. The van der Waals surface area contributed by atoms with Gasteiger partial charge in [0.15, 0.2) is 0 Å². The van der Waals surface area contributed by atoms with Gasteiger partial charge < -0.3 is 14.0 Å². The van der Waals surface area contributed by atoms with E-state index >= 15 is 0 Å². The van der Waals surface area contributed by atoms with Crippen LogP contribution in [0.25, 0.3) is 0 Å². The summed E-state index contributed by atoms with van der Waals surface area (Å²) in [7, 11) is -0.378. The van der Waals surface area contributed by atoms with Crippen molar-refractivity contribution in [3.63, 3.8) is 0 Å². The first-order valence-electron chi connectivity index (χ1n) is 8.34. The molecule has 1 aromatic carbocycles. The fourth-order valence-electron chi connectivity index (χ4n) is 2.65. The highest BCUT2D eigenvalue weighted by Crippen LogP contribution is 2.36. The average Bonchev–Trinajstić information content (AvgIpc) is 2.69. The monoisotopic (exact) mass is 318 g/mol.